The van der Waals surface area contributed by atoms with Crippen molar-refractivity contribution in [2.24, 2.45) is 5.73 Å². The summed E-state index contributed by atoms with van der Waals surface area (Å²) in [6.45, 7) is 2.58. The van der Waals surface area contributed by atoms with Crippen molar-refractivity contribution < 1.29 is 9.47 Å². The Hall–Kier alpha value is -2.07. The molecular formula is C17H22N2O2. The van der Waals surface area contributed by atoms with E-state index in [0.717, 1.165) is 35.4 Å². The number of nitrogens with zero attached hydrogens (tertiary/aromatic N) is 1. The van der Waals surface area contributed by atoms with Crippen molar-refractivity contribution >= 4 is 0 Å². The summed E-state index contributed by atoms with van der Waals surface area (Å²) in [5.41, 5.74) is 10.3. The molecule has 0 bridgehead atoms. The predicted molar refractivity (Wildman–Crippen MR) is 83.9 cm³/mol. The number of aryl methyl sites for hydroxylation is 1. The lowest BCUT2D eigenvalue weighted by Crippen LogP contribution is -2.05. The van der Waals surface area contributed by atoms with Crippen LogP contribution in [-0.2, 0) is 19.4 Å². The highest BCUT2D eigenvalue weighted by atomic mass is 16.5. The topological polar surface area (TPSA) is 57.4 Å². The minimum absolute atomic E-state index is 0.461. The summed E-state index contributed by atoms with van der Waals surface area (Å²) in [5.74, 6) is 1.42. The van der Waals surface area contributed by atoms with Crippen molar-refractivity contribution in [1.82, 2.24) is 4.98 Å². The van der Waals surface area contributed by atoms with E-state index in [1.54, 1.807) is 14.2 Å². The largest absolute Gasteiger partial charge is 0.493 e. The molecule has 112 valence electrons. The normalized spacial score (nSPS) is 10.5. The van der Waals surface area contributed by atoms with Gasteiger partial charge in [-0.05, 0) is 41.3 Å². The summed E-state index contributed by atoms with van der Waals surface area (Å²) < 4.78 is 10.7. The number of aromatic nitrogens is 1. The quantitative estimate of drug-likeness (QED) is 0.887. The van der Waals surface area contributed by atoms with E-state index in [9.17, 15) is 0 Å². The fourth-order valence-corrected chi connectivity index (χ4v) is 2.28. The monoisotopic (exact) mass is 286 g/mol. The lowest BCUT2D eigenvalue weighted by atomic mass is 10.0. The number of ether oxygens (including phenoxy) is 2. The average Bonchev–Trinajstić information content (AvgIpc) is 2.55. The van der Waals surface area contributed by atoms with Gasteiger partial charge in [-0.15, -0.1) is 0 Å². The molecule has 2 N–H and O–H groups in total. The minimum atomic E-state index is 0.461. The second-order valence-corrected chi connectivity index (χ2v) is 4.87. The maximum Gasteiger partial charge on any atom is 0.161 e. The molecule has 21 heavy (non-hydrogen) atoms. The van der Waals surface area contributed by atoms with E-state index in [2.05, 4.69) is 24.0 Å². The summed E-state index contributed by atoms with van der Waals surface area (Å²) in [4.78, 5) is 4.51. The third-order valence-corrected chi connectivity index (χ3v) is 3.59. The van der Waals surface area contributed by atoms with Crippen LogP contribution in [0, 0.1) is 0 Å². The van der Waals surface area contributed by atoms with Gasteiger partial charge in [0, 0.05) is 24.9 Å². The van der Waals surface area contributed by atoms with Gasteiger partial charge in [0.2, 0.25) is 0 Å². The van der Waals surface area contributed by atoms with Gasteiger partial charge in [-0.2, -0.15) is 0 Å². The zero-order valence-electron chi connectivity index (χ0n) is 12.8. The van der Waals surface area contributed by atoms with Crippen LogP contribution in [-0.4, -0.2) is 19.2 Å². The van der Waals surface area contributed by atoms with E-state index in [4.69, 9.17) is 15.2 Å². The van der Waals surface area contributed by atoms with Crippen LogP contribution in [0.2, 0.25) is 0 Å². The third kappa shape index (κ3) is 3.52. The molecule has 1 heterocycles. The molecule has 0 spiro atoms. The van der Waals surface area contributed by atoms with Crippen LogP contribution in [0.15, 0.2) is 30.5 Å². The molecule has 0 aliphatic heterocycles. The van der Waals surface area contributed by atoms with Crippen LogP contribution >= 0.6 is 0 Å². The molecule has 1 aromatic heterocycles. The highest BCUT2D eigenvalue weighted by molar-refractivity contribution is 5.48. The van der Waals surface area contributed by atoms with Gasteiger partial charge in [0.1, 0.15) is 0 Å². The Morgan fingerprint density at radius 1 is 1.05 bits per heavy atom. The average molecular weight is 286 g/mol. The summed E-state index contributed by atoms with van der Waals surface area (Å²) in [6.07, 6.45) is 3.66. The molecule has 0 atom stereocenters. The predicted octanol–water partition coefficient (Wildman–Crippen LogP) is 2.71. The first-order chi connectivity index (χ1) is 10.2. The van der Waals surface area contributed by atoms with E-state index in [1.165, 1.54) is 5.56 Å². The van der Waals surface area contributed by atoms with Crippen LogP contribution in [0.4, 0.5) is 0 Å². The van der Waals surface area contributed by atoms with E-state index < -0.39 is 0 Å². The second-order valence-electron chi connectivity index (χ2n) is 4.87. The standard InChI is InChI=1S/C17H22N2O2/c1-4-12-5-6-15(19-11-12)7-13-8-16(20-2)17(21-3)9-14(13)10-18/h5-6,8-9,11H,4,7,10,18H2,1-3H3. The summed E-state index contributed by atoms with van der Waals surface area (Å²) in [6, 6.07) is 8.10. The van der Waals surface area contributed by atoms with Gasteiger partial charge >= 0.3 is 0 Å². The minimum Gasteiger partial charge on any atom is -0.493 e. The van der Waals surface area contributed by atoms with Gasteiger partial charge in [0.25, 0.3) is 0 Å². The smallest absolute Gasteiger partial charge is 0.161 e. The molecule has 0 saturated carbocycles. The molecule has 0 aliphatic rings. The highest BCUT2D eigenvalue weighted by Gasteiger charge is 2.11. The number of benzene rings is 1. The van der Waals surface area contributed by atoms with Crippen LogP contribution in [0.25, 0.3) is 0 Å². The molecule has 4 heteroatoms. The molecule has 2 aromatic rings. The molecule has 0 amide bonds. The van der Waals surface area contributed by atoms with E-state index in [-0.39, 0.29) is 0 Å². The highest BCUT2D eigenvalue weighted by Crippen LogP contribution is 2.31. The van der Waals surface area contributed by atoms with Gasteiger partial charge in [-0.1, -0.05) is 13.0 Å². The molecule has 2 rings (SSSR count). The van der Waals surface area contributed by atoms with Gasteiger partial charge in [-0.25, -0.2) is 0 Å². The number of pyridine rings is 1. The van der Waals surface area contributed by atoms with Gasteiger partial charge in [-0.3, -0.25) is 4.98 Å². The van der Waals surface area contributed by atoms with Crippen LogP contribution in [0.1, 0.15) is 29.3 Å². The fraction of sp³-hybridized carbons (Fsp3) is 0.353. The number of methoxy groups -OCH3 is 2. The first-order valence-corrected chi connectivity index (χ1v) is 7.09. The first-order valence-electron chi connectivity index (χ1n) is 7.09. The number of rotatable bonds is 6. The Morgan fingerprint density at radius 2 is 1.71 bits per heavy atom. The molecule has 0 aliphatic carbocycles. The molecule has 1 aromatic carbocycles. The summed E-state index contributed by atoms with van der Waals surface area (Å²) in [7, 11) is 3.26. The Balaban J connectivity index is 2.32. The Labute approximate surface area is 125 Å². The number of nitrogens with two attached hydrogens (primary N) is 1. The lowest BCUT2D eigenvalue weighted by Gasteiger charge is -2.14. The molecule has 0 saturated heterocycles. The number of hydrogen-bond donors (Lipinski definition) is 1. The Bertz CT molecular complexity index is 594. The number of hydrogen-bond acceptors (Lipinski definition) is 4. The maximum absolute atomic E-state index is 5.85. The van der Waals surface area contributed by atoms with Crippen molar-refractivity contribution in [2.45, 2.75) is 26.3 Å². The van der Waals surface area contributed by atoms with Gasteiger partial charge < -0.3 is 15.2 Å². The van der Waals surface area contributed by atoms with Crippen LogP contribution < -0.4 is 15.2 Å². The van der Waals surface area contributed by atoms with E-state index in [0.29, 0.717) is 12.3 Å². The van der Waals surface area contributed by atoms with Crippen LogP contribution in [0.5, 0.6) is 11.5 Å². The fourth-order valence-electron chi connectivity index (χ4n) is 2.28. The van der Waals surface area contributed by atoms with E-state index in [1.807, 2.05) is 18.3 Å². The maximum atomic E-state index is 5.85. The zero-order chi connectivity index (χ0) is 15.2. The van der Waals surface area contributed by atoms with Crippen molar-refractivity contribution in [3.05, 3.63) is 52.8 Å². The van der Waals surface area contributed by atoms with Crippen molar-refractivity contribution in [2.75, 3.05) is 14.2 Å². The second kappa shape index (κ2) is 7.09. The molecule has 4 nitrogen and oxygen atoms in total. The van der Waals surface area contributed by atoms with Gasteiger partial charge in [0.05, 0.1) is 14.2 Å². The van der Waals surface area contributed by atoms with Crippen molar-refractivity contribution in [3.63, 3.8) is 0 Å². The van der Waals surface area contributed by atoms with E-state index >= 15 is 0 Å². The third-order valence-electron chi connectivity index (χ3n) is 3.59. The zero-order valence-corrected chi connectivity index (χ0v) is 12.8. The summed E-state index contributed by atoms with van der Waals surface area (Å²) >= 11 is 0. The summed E-state index contributed by atoms with van der Waals surface area (Å²) in [5, 5.41) is 0. The SMILES string of the molecule is CCc1ccc(Cc2cc(OC)c(OC)cc2CN)nc1. The first kappa shape index (κ1) is 15.3. The molecular weight excluding hydrogens is 264 g/mol. The van der Waals surface area contributed by atoms with Gasteiger partial charge in [0.15, 0.2) is 11.5 Å². The lowest BCUT2D eigenvalue weighted by molar-refractivity contribution is 0.354. The Morgan fingerprint density at radius 3 is 2.19 bits per heavy atom. The molecule has 0 fully saturated rings. The van der Waals surface area contributed by atoms with Crippen LogP contribution in [0.3, 0.4) is 0 Å². The molecule has 0 unspecified atom stereocenters. The Kier molecular flexibility index (Phi) is 5.17. The molecule has 0 radical (unpaired) electrons. The van der Waals surface area contributed by atoms with Crippen molar-refractivity contribution in [1.29, 1.82) is 0 Å². The van der Waals surface area contributed by atoms with Crippen molar-refractivity contribution in [3.8, 4) is 11.5 Å².